The number of allylic oxidation sites excluding steroid dienone is 2. The van der Waals surface area contributed by atoms with E-state index in [1.165, 1.54) is 6.42 Å². The van der Waals surface area contributed by atoms with Gasteiger partial charge in [-0.15, -0.1) is 0 Å². The predicted molar refractivity (Wildman–Crippen MR) is 144 cm³/mol. The van der Waals surface area contributed by atoms with Crippen LogP contribution in [0.25, 0.3) is 0 Å². The molecule has 0 saturated heterocycles. The molecule has 0 amide bonds. The third kappa shape index (κ3) is 3.36. The van der Waals surface area contributed by atoms with E-state index in [0.717, 1.165) is 44.9 Å². The van der Waals surface area contributed by atoms with Crippen molar-refractivity contribution in [1.29, 1.82) is 10.5 Å². The van der Waals surface area contributed by atoms with Crippen LogP contribution in [-0.2, 0) is 9.59 Å². The van der Waals surface area contributed by atoms with Gasteiger partial charge >= 0.3 is 0 Å². The lowest BCUT2D eigenvalue weighted by Gasteiger charge is -2.72. The number of ketones is 2. The Morgan fingerprint density at radius 2 is 1.57 bits per heavy atom. The Hall–Kier alpha value is -1.94. The van der Waals surface area contributed by atoms with E-state index in [4.69, 9.17) is 0 Å². The predicted octanol–water partition coefficient (Wildman–Crippen LogP) is 7.59. The first-order valence-electron chi connectivity index (χ1n) is 14.7. The smallest absolute Gasteiger partial charge is 0.178 e. The van der Waals surface area contributed by atoms with Crippen LogP contribution < -0.4 is 0 Å². The van der Waals surface area contributed by atoms with Gasteiger partial charge in [0.05, 0.1) is 11.6 Å². The zero-order valence-corrected chi connectivity index (χ0v) is 24.2. The van der Waals surface area contributed by atoms with Crippen molar-refractivity contribution in [2.24, 2.45) is 56.2 Å². The number of carbonyl (C=O) groups excluding carboxylic acids is 2. The lowest BCUT2D eigenvalue weighted by Crippen LogP contribution is -2.68. The summed E-state index contributed by atoms with van der Waals surface area (Å²) in [6.07, 6.45) is 11.6. The van der Waals surface area contributed by atoms with Crippen LogP contribution in [0.3, 0.4) is 0 Å². The van der Waals surface area contributed by atoms with Crippen LogP contribution >= 0.6 is 0 Å². The van der Waals surface area contributed by atoms with E-state index in [-0.39, 0.29) is 50.6 Å². The molecule has 4 heteroatoms. The first-order valence-corrected chi connectivity index (χ1v) is 14.7. The van der Waals surface area contributed by atoms with Crippen molar-refractivity contribution in [3.8, 4) is 12.1 Å². The molecule has 0 heterocycles. The maximum atomic E-state index is 14.5. The molecule has 0 aromatic rings. The number of nitrogens with zero attached hydrogens (tertiary/aromatic N) is 2. The summed E-state index contributed by atoms with van der Waals surface area (Å²) in [6, 6.07) is 4.64. The average molecular weight is 503 g/mol. The second-order valence-electron chi connectivity index (χ2n) is 15.7. The molecule has 8 atom stereocenters. The van der Waals surface area contributed by atoms with E-state index in [0.29, 0.717) is 30.1 Å². The van der Waals surface area contributed by atoms with E-state index >= 15 is 0 Å². The van der Waals surface area contributed by atoms with Crippen molar-refractivity contribution in [2.75, 3.05) is 0 Å². The molecule has 5 rings (SSSR count). The molecule has 4 nitrogen and oxygen atoms in total. The Bertz CT molecular complexity index is 1150. The lowest BCUT2D eigenvalue weighted by molar-refractivity contribution is -0.223. The quantitative estimate of drug-likeness (QED) is 0.389. The summed E-state index contributed by atoms with van der Waals surface area (Å²) in [4.78, 5) is 27.7. The topological polar surface area (TPSA) is 81.7 Å². The number of nitriles is 2. The van der Waals surface area contributed by atoms with Gasteiger partial charge in [-0.25, -0.2) is 0 Å². The van der Waals surface area contributed by atoms with Crippen LogP contribution in [0.15, 0.2) is 11.6 Å². The molecular formula is C33H46N2O2. The van der Waals surface area contributed by atoms with Crippen LogP contribution in [-0.4, -0.2) is 11.6 Å². The molecule has 4 fully saturated rings. The molecule has 0 aromatic heterocycles. The van der Waals surface area contributed by atoms with Crippen LogP contribution in [0.1, 0.15) is 113 Å². The second-order valence-corrected chi connectivity index (χ2v) is 15.7. The lowest BCUT2D eigenvalue weighted by atomic mass is 9.31. The minimum absolute atomic E-state index is 0.0308. The molecule has 5 aliphatic carbocycles. The first-order chi connectivity index (χ1) is 17.1. The monoisotopic (exact) mass is 502 g/mol. The van der Waals surface area contributed by atoms with Gasteiger partial charge in [-0.1, -0.05) is 54.5 Å². The number of carbonyl (C=O) groups is 2. The molecular weight excluding hydrogens is 456 g/mol. The Morgan fingerprint density at radius 1 is 0.892 bits per heavy atom. The van der Waals surface area contributed by atoms with Gasteiger partial charge in [-0.2, -0.15) is 10.5 Å². The van der Waals surface area contributed by atoms with Crippen molar-refractivity contribution < 1.29 is 9.59 Å². The maximum absolute atomic E-state index is 14.5. The van der Waals surface area contributed by atoms with Gasteiger partial charge in [0.2, 0.25) is 0 Å². The molecule has 0 spiro atoms. The van der Waals surface area contributed by atoms with E-state index in [9.17, 15) is 20.1 Å². The number of Topliss-reactive ketones (excluding diaryl/α,β-unsaturated/α-hetero) is 2. The van der Waals surface area contributed by atoms with Crippen molar-refractivity contribution in [3.05, 3.63) is 11.6 Å². The van der Waals surface area contributed by atoms with Gasteiger partial charge in [0.15, 0.2) is 5.78 Å². The second kappa shape index (κ2) is 8.04. The number of hydrogen-bond donors (Lipinski definition) is 0. The SMILES string of the molecule is CC1(C)CC[C@]2(CCC#N)CC[C@]3(C)C(C(=O)C[C@@H]4[C@@]5(C)C=C(C#N)C(=O)C(C)(C)[C@@H]5CC[C@]43C)C2C1. The average Bonchev–Trinajstić information content (AvgIpc) is 2.82. The van der Waals surface area contributed by atoms with Crippen molar-refractivity contribution in [1.82, 2.24) is 0 Å². The van der Waals surface area contributed by atoms with Crippen LogP contribution in [0, 0.1) is 78.8 Å². The standard InChI is InChI=1S/C33H46N2O2/c1-28(2)12-14-33(10-8-16-34)15-13-32(7)26(22(33)19-28)23(36)17-25-30(5)18-21(20-35)27(37)29(3,4)24(30)9-11-31(25,32)6/h18,22,24-26H,8-15,17,19H2,1-7H3/t22?,24-,25+,26?,30-,31+,32+,33+/m0/s1. The highest BCUT2D eigenvalue weighted by Gasteiger charge is 2.72. The molecule has 0 bridgehead atoms. The van der Waals surface area contributed by atoms with E-state index < -0.39 is 5.41 Å². The molecule has 37 heavy (non-hydrogen) atoms. The Balaban J connectivity index is 1.62. The maximum Gasteiger partial charge on any atom is 0.178 e. The number of rotatable bonds is 2. The van der Waals surface area contributed by atoms with E-state index in [2.05, 4.69) is 46.8 Å². The zero-order chi connectivity index (χ0) is 27.2. The van der Waals surface area contributed by atoms with Gasteiger partial charge in [0, 0.05) is 24.2 Å². The third-order valence-electron chi connectivity index (χ3n) is 13.4. The largest absolute Gasteiger partial charge is 0.299 e. The zero-order valence-electron chi connectivity index (χ0n) is 24.2. The van der Waals surface area contributed by atoms with Crippen LogP contribution in [0.2, 0.25) is 0 Å². The van der Waals surface area contributed by atoms with Gasteiger partial charge in [-0.05, 0) is 96.2 Å². The molecule has 2 unspecified atom stereocenters. The molecule has 0 aliphatic heterocycles. The molecule has 200 valence electrons. The van der Waals surface area contributed by atoms with Gasteiger partial charge < -0.3 is 0 Å². The number of fused-ring (bicyclic) bond motifs is 7. The van der Waals surface area contributed by atoms with Crippen LogP contribution in [0.5, 0.6) is 0 Å². The Labute approximate surface area is 224 Å². The molecule has 0 aromatic carbocycles. The summed E-state index contributed by atoms with van der Waals surface area (Å²) in [5, 5.41) is 19.4. The van der Waals surface area contributed by atoms with Crippen molar-refractivity contribution in [2.45, 2.75) is 113 Å². The fourth-order valence-electron chi connectivity index (χ4n) is 11.2. The normalized spacial score (nSPS) is 47.8. The summed E-state index contributed by atoms with van der Waals surface area (Å²) in [5.41, 5.74) is -0.458. The number of hydrogen-bond acceptors (Lipinski definition) is 4. The van der Waals surface area contributed by atoms with E-state index in [1.807, 2.05) is 19.9 Å². The van der Waals surface area contributed by atoms with Crippen LogP contribution in [0.4, 0.5) is 0 Å². The first kappa shape index (κ1) is 26.7. The van der Waals surface area contributed by atoms with E-state index in [1.54, 1.807) is 0 Å². The molecule has 0 N–H and O–H groups in total. The Morgan fingerprint density at radius 3 is 2.22 bits per heavy atom. The molecule has 5 aliphatic rings. The minimum atomic E-state index is -0.594. The summed E-state index contributed by atoms with van der Waals surface area (Å²) in [6.45, 7) is 15.9. The van der Waals surface area contributed by atoms with Gasteiger partial charge in [-0.3, -0.25) is 9.59 Å². The molecule has 4 saturated carbocycles. The minimum Gasteiger partial charge on any atom is -0.299 e. The fraction of sp³-hybridized carbons (Fsp3) is 0.818. The summed E-state index contributed by atoms with van der Waals surface area (Å²) < 4.78 is 0. The third-order valence-corrected chi connectivity index (χ3v) is 13.4. The van der Waals surface area contributed by atoms with Crippen molar-refractivity contribution in [3.63, 3.8) is 0 Å². The Kier molecular flexibility index (Phi) is 5.79. The highest BCUT2D eigenvalue weighted by molar-refractivity contribution is 6.04. The highest BCUT2D eigenvalue weighted by Crippen LogP contribution is 2.76. The summed E-state index contributed by atoms with van der Waals surface area (Å²) in [5.74, 6) is 1.04. The van der Waals surface area contributed by atoms with Gasteiger partial charge in [0.1, 0.15) is 11.9 Å². The summed E-state index contributed by atoms with van der Waals surface area (Å²) >= 11 is 0. The fourth-order valence-corrected chi connectivity index (χ4v) is 11.2. The summed E-state index contributed by atoms with van der Waals surface area (Å²) in [7, 11) is 0. The highest BCUT2D eigenvalue weighted by atomic mass is 16.1. The molecule has 0 radical (unpaired) electrons. The van der Waals surface area contributed by atoms with Gasteiger partial charge in [0.25, 0.3) is 0 Å². The van der Waals surface area contributed by atoms with Crippen molar-refractivity contribution >= 4 is 11.6 Å².